The van der Waals surface area contributed by atoms with Crippen LogP contribution in [0.5, 0.6) is 0 Å². The van der Waals surface area contributed by atoms with E-state index in [1.165, 1.54) is 13.0 Å². The first kappa shape index (κ1) is 9.05. The lowest BCUT2D eigenvalue weighted by Crippen LogP contribution is -2.50. The lowest BCUT2D eigenvalue weighted by atomic mass is 9.78. The van der Waals surface area contributed by atoms with Crippen molar-refractivity contribution in [3.8, 4) is 0 Å². The standard InChI is InChI=1S/C10H21N/c1-8-6-10(3,4)11(5)7-9(8)2/h8-9H,6-7H2,1-5H3. The van der Waals surface area contributed by atoms with Crippen LogP contribution in [-0.4, -0.2) is 24.0 Å². The van der Waals surface area contributed by atoms with E-state index in [1.807, 2.05) is 0 Å². The molecule has 0 aromatic heterocycles. The van der Waals surface area contributed by atoms with Gasteiger partial charge in [-0.15, -0.1) is 0 Å². The molecule has 1 heteroatoms. The molecule has 1 nitrogen and oxygen atoms in total. The van der Waals surface area contributed by atoms with Gasteiger partial charge in [0.1, 0.15) is 0 Å². The minimum absolute atomic E-state index is 0.423. The van der Waals surface area contributed by atoms with Crippen LogP contribution in [0.1, 0.15) is 34.1 Å². The molecule has 2 unspecified atom stereocenters. The second-order valence-corrected chi connectivity index (χ2v) is 4.85. The predicted molar refractivity (Wildman–Crippen MR) is 49.7 cm³/mol. The number of nitrogens with zero attached hydrogens (tertiary/aromatic N) is 1. The van der Waals surface area contributed by atoms with E-state index < -0.39 is 0 Å². The summed E-state index contributed by atoms with van der Waals surface area (Å²) in [6.45, 7) is 10.7. The minimum Gasteiger partial charge on any atom is -0.301 e. The number of likely N-dealkylation sites (tertiary alicyclic amines) is 1. The Morgan fingerprint density at radius 2 is 1.73 bits per heavy atom. The van der Waals surface area contributed by atoms with Gasteiger partial charge in [0.25, 0.3) is 0 Å². The summed E-state index contributed by atoms with van der Waals surface area (Å²) in [6, 6.07) is 0. The molecule has 2 atom stereocenters. The first-order valence-electron chi connectivity index (χ1n) is 4.65. The third-order valence-electron chi connectivity index (χ3n) is 3.39. The number of hydrogen-bond acceptors (Lipinski definition) is 1. The van der Waals surface area contributed by atoms with Crippen molar-refractivity contribution in [2.24, 2.45) is 11.8 Å². The molecule has 11 heavy (non-hydrogen) atoms. The molecule has 0 amide bonds. The van der Waals surface area contributed by atoms with Crippen LogP contribution in [0, 0.1) is 11.8 Å². The molecule has 0 bridgehead atoms. The molecule has 1 saturated heterocycles. The van der Waals surface area contributed by atoms with Gasteiger partial charge in [0.05, 0.1) is 0 Å². The first-order chi connectivity index (χ1) is 4.93. The summed E-state index contributed by atoms with van der Waals surface area (Å²) in [7, 11) is 2.24. The van der Waals surface area contributed by atoms with Crippen molar-refractivity contribution in [1.82, 2.24) is 4.90 Å². The van der Waals surface area contributed by atoms with E-state index in [1.54, 1.807) is 0 Å². The van der Waals surface area contributed by atoms with Gasteiger partial charge in [-0.05, 0) is 39.2 Å². The van der Waals surface area contributed by atoms with E-state index in [2.05, 4.69) is 39.6 Å². The van der Waals surface area contributed by atoms with Crippen LogP contribution in [0.3, 0.4) is 0 Å². The lowest BCUT2D eigenvalue weighted by Gasteiger charge is -2.45. The summed E-state index contributed by atoms with van der Waals surface area (Å²) in [6.07, 6.45) is 1.34. The van der Waals surface area contributed by atoms with Crippen molar-refractivity contribution in [3.63, 3.8) is 0 Å². The van der Waals surface area contributed by atoms with E-state index >= 15 is 0 Å². The third-order valence-corrected chi connectivity index (χ3v) is 3.39. The number of piperidine rings is 1. The largest absolute Gasteiger partial charge is 0.301 e. The molecule has 0 N–H and O–H groups in total. The molecule has 0 aromatic carbocycles. The van der Waals surface area contributed by atoms with Crippen molar-refractivity contribution in [2.75, 3.05) is 13.6 Å². The maximum absolute atomic E-state index is 2.48. The quantitative estimate of drug-likeness (QED) is 0.519. The van der Waals surface area contributed by atoms with Crippen molar-refractivity contribution in [3.05, 3.63) is 0 Å². The molecule has 0 aromatic rings. The van der Waals surface area contributed by atoms with E-state index in [4.69, 9.17) is 0 Å². The Balaban J connectivity index is 2.63. The highest BCUT2D eigenvalue weighted by Gasteiger charge is 2.33. The van der Waals surface area contributed by atoms with E-state index in [9.17, 15) is 0 Å². The molecule has 0 aliphatic carbocycles. The second kappa shape index (κ2) is 2.78. The first-order valence-corrected chi connectivity index (χ1v) is 4.65. The van der Waals surface area contributed by atoms with Gasteiger partial charge in [-0.2, -0.15) is 0 Å². The molecule has 1 aliphatic heterocycles. The third kappa shape index (κ3) is 1.76. The zero-order chi connectivity index (χ0) is 8.65. The van der Waals surface area contributed by atoms with Gasteiger partial charge in [-0.3, -0.25) is 0 Å². The van der Waals surface area contributed by atoms with Crippen LogP contribution in [0.25, 0.3) is 0 Å². The number of hydrogen-bond donors (Lipinski definition) is 0. The summed E-state index contributed by atoms with van der Waals surface area (Å²) in [5, 5.41) is 0. The molecule has 1 aliphatic rings. The van der Waals surface area contributed by atoms with E-state index in [-0.39, 0.29) is 0 Å². The average Bonchev–Trinajstić information content (AvgIpc) is 1.83. The Morgan fingerprint density at radius 1 is 1.18 bits per heavy atom. The van der Waals surface area contributed by atoms with Crippen LogP contribution in [0.15, 0.2) is 0 Å². The molecule has 1 rings (SSSR count). The van der Waals surface area contributed by atoms with Crippen molar-refractivity contribution >= 4 is 0 Å². The van der Waals surface area contributed by atoms with Gasteiger partial charge < -0.3 is 4.90 Å². The Bertz CT molecular complexity index is 140. The van der Waals surface area contributed by atoms with Crippen LogP contribution >= 0.6 is 0 Å². The molecule has 0 radical (unpaired) electrons. The Kier molecular flexibility index (Phi) is 2.29. The monoisotopic (exact) mass is 155 g/mol. The lowest BCUT2D eigenvalue weighted by molar-refractivity contribution is 0.0418. The van der Waals surface area contributed by atoms with Crippen molar-refractivity contribution in [2.45, 2.75) is 39.7 Å². The smallest absolute Gasteiger partial charge is 0.0152 e. The topological polar surface area (TPSA) is 3.24 Å². The summed E-state index contributed by atoms with van der Waals surface area (Å²) >= 11 is 0. The Hall–Kier alpha value is -0.0400. The SMILES string of the molecule is CC1CN(C)C(C)(C)CC1C. The molecule has 1 heterocycles. The molecule has 66 valence electrons. The van der Waals surface area contributed by atoms with Gasteiger partial charge in [-0.25, -0.2) is 0 Å². The molecule has 0 spiro atoms. The Labute approximate surface area is 70.8 Å². The summed E-state index contributed by atoms with van der Waals surface area (Å²) in [5.74, 6) is 1.76. The fourth-order valence-corrected chi connectivity index (χ4v) is 2.00. The van der Waals surface area contributed by atoms with Gasteiger partial charge in [0.15, 0.2) is 0 Å². The highest BCUT2D eigenvalue weighted by Crippen LogP contribution is 2.32. The normalized spacial score (nSPS) is 39.0. The summed E-state index contributed by atoms with van der Waals surface area (Å²) < 4.78 is 0. The van der Waals surface area contributed by atoms with Crippen LogP contribution in [0.2, 0.25) is 0 Å². The Morgan fingerprint density at radius 3 is 2.18 bits per heavy atom. The van der Waals surface area contributed by atoms with Crippen molar-refractivity contribution in [1.29, 1.82) is 0 Å². The molecule has 0 saturated carbocycles. The summed E-state index contributed by atoms with van der Waals surface area (Å²) in [4.78, 5) is 2.48. The predicted octanol–water partition coefficient (Wildman–Crippen LogP) is 2.37. The second-order valence-electron chi connectivity index (χ2n) is 4.85. The number of rotatable bonds is 0. The van der Waals surface area contributed by atoms with Gasteiger partial charge in [0.2, 0.25) is 0 Å². The average molecular weight is 155 g/mol. The molecular formula is C10H21N. The highest BCUT2D eigenvalue weighted by molar-refractivity contribution is 4.88. The fourth-order valence-electron chi connectivity index (χ4n) is 2.00. The fraction of sp³-hybridized carbons (Fsp3) is 1.00. The van der Waals surface area contributed by atoms with Gasteiger partial charge >= 0.3 is 0 Å². The van der Waals surface area contributed by atoms with Crippen LogP contribution in [0.4, 0.5) is 0 Å². The maximum atomic E-state index is 2.48. The minimum atomic E-state index is 0.423. The van der Waals surface area contributed by atoms with E-state index in [0.717, 1.165) is 11.8 Å². The van der Waals surface area contributed by atoms with E-state index in [0.29, 0.717) is 5.54 Å². The van der Waals surface area contributed by atoms with Gasteiger partial charge in [-0.1, -0.05) is 13.8 Å². The van der Waals surface area contributed by atoms with Gasteiger partial charge in [0, 0.05) is 12.1 Å². The highest BCUT2D eigenvalue weighted by atomic mass is 15.2. The molecular weight excluding hydrogens is 134 g/mol. The van der Waals surface area contributed by atoms with Crippen LogP contribution < -0.4 is 0 Å². The zero-order valence-electron chi connectivity index (χ0n) is 8.52. The molecule has 1 fully saturated rings. The maximum Gasteiger partial charge on any atom is 0.0152 e. The van der Waals surface area contributed by atoms with Crippen molar-refractivity contribution < 1.29 is 0 Å². The zero-order valence-corrected chi connectivity index (χ0v) is 8.52. The summed E-state index contributed by atoms with van der Waals surface area (Å²) in [5.41, 5.74) is 0.423. The van der Waals surface area contributed by atoms with Crippen LogP contribution in [-0.2, 0) is 0 Å².